The molecule has 1 spiro atoms. The van der Waals surface area contributed by atoms with Crippen LogP contribution in [-0.2, 0) is 11.2 Å². The van der Waals surface area contributed by atoms with Gasteiger partial charge in [0.2, 0.25) is 0 Å². The van der Waals surface area contributed by atoms with E-state index in [1.165, 1.54) is 35.1 Å². The summed E-state index contributed by atoms with van der Waals surface area (Å²) >= 11 is 6.04. The molecule has 7 rings (SSSR count). The van der Waals surface area contributed by atoms with Crippen molar-refractivity contribution in [3.63, 3.8) is 0 Å². The summed E-state index contributed by atoms with van der Waals surface area (Å²) in [5.74, 6) is 0.536. The maximum absolute atomic E-state index is 12.8. The quantitative estimate of drug-likeness (QED) is 0.738. The molecule has 5 aliphatic rings. The Morgan fingerprint density at radius 3 is 2.47 bits per heavy atom. The van der Waals surface area contributed by atoms with Crippen molar-refractivity contribution in [1.29, 1.82) is 0 Å². The first-order chi connectivity index (χ1) is 14.6. The van der Waals surface area contributed by atoms with Crippen LogP contribution >= 0.6 is 11.6 Å². The van der Waals surface area contributed by atoms with Gasteiger partial charge in [0.1, 0.15) is 6.10 Å². The van der Waals surface area contributed by atoms with E-state index in [0.717, 1.165) is 43.9 Å². The summed E-state index contributed by atoms with van der Waals surface area (Å²) in [6, 6.07) is 14.7. The van der Waals surface area contributed by atoms with Crippen LogP contribution in [0.5, 0.6) is 0 Å². The number of ether oxygens (including phenoxy) is 1. The first-order valence-corrected chi connectivity index (χ1v) is 11.6. The zero-order valence-electron chi connectivity index (χ0n) is 17.1. The molecule has 2 atom stereocenters. The van der Waals surface area contributed by atoms with E-state index < -0.39 is 0 Å². The van der Waals surface area contributed by atoms with E-state index >= 15 is 0 Å². The second-order valence-corrected chi connectivity index (χ2v) is 10.1. The van der Waals surface area contributed by atoms with Gasteiger partial charge in [0.25, 0.3) is 0 Å². The average molecular weight is 423 g/mol. The van der Waals surface area contributed by atoms with Crippen LogP contribution in [0, 0.1) is 11.3 Å². The Morgan fingerprint density at radius 1 is 1.07 bits per heavy atom. The molecule has 2 aliphatic carbocycles. The Labute approximate surface area is 182 Å². The Kier molecular flexibility index (Phi) is 4.36. The van der Waals surface area contributed by atoms with Crippen LogP contribution in [0.1, 0.15) is 42.9 Å². The van der Waals surface area contributed by atoms with Crippen molar-refractivity contribution in [3.8, 4) is 11.1 Å². The third-order valence-electron chi connectivity index (χ3n) is 7.80. The lowest BCUT2D eigenvalue weighted by Crippen LogP contribution is -2.52. The molecule has 2 aromatic carbocycles. The number of amides is 1. The number of hydrogen-bond donors (Lipinski definition) is 1. The molecule has 0 aromatic heterocycles. The van der Waals surface area contributed by atoms with E-state index in [0.29, 0.717) is 5.92 Å². The van der Waals surface area contributed by atoms with Gasteiger partial charge in [0.05, 0.1) is 6.04 Å². The van der Waals surface area contributed by atoms with Gasteiger partial charge in [-0.3, -0.25) is 4.90 Å². The minimum atomic E-state index is -0.236. The SMILES string of the molecule is O=C(NC1c2ccc(-c3ccc(Cl)cc3)cc2CC12CC2)O[C@H]1CN2CCC1CC2. The summed E-state index contributed by atoms with van der Waals surface area (Å²) in [6.07, 6.45) is 5.50. The van der Waals surface area contributed by atoms with Crippen LogP contribution in [0.3, 0.4) is 0 Å². The molecule has 156 valence electrons. The number of alkyl carbamates (subject to hydrolysis) is 1. The number of benzene rings is 2. The topological polar surface area (TPSA) is 41.6 Å². The van der Waals surface area contributed by atoms with Crippen molar-refractivity contribution in [1.82, 2.24) is 10.2 Å². The molecule has 4 nitrogen and oxygen atoms in total. The van der Waals surface area contributed by atoms with E-state index in [2.05, 4.69) is 40.5 Å². The van der Waals surface area contributed by atoms with Gasteiger partial charge >= 0.3 is 6.09 Å². The number of fused-ring (bicyclic) bond motifs is 4. The normalized spacial score (nSPS) is 30.2. The van der Waals surface area contributed by atoms with Gasteiger partial charge < -0.3 is 10.1 Å². The molecule has 4 fully saturated rings. The van der Waals surface area contributed by atoms with E-state index in [4.69, 9.17) is 16.3 Å². The lowest BCUT2D eigenvalue weighted by Gasteiger charge is -2.44. The number of carbonyl (C=O) groups is 1. The Bertz CT molecular complexity index is 977. The maximum Gasteiger partial charge on any atom is 0.407 e. The second kappa shape index (κ2) is 7.00. The van der Waals surface area contributed by atoms with Crippen molar-refractivity contribution in [2.24, 2.45) is 11.3 Å². The summed E-state index contributed by atoms with van der Waals surface area (Å²) < 4.78 is 5.92. The van der Waals surface area contributed by atoms with Crippen LogP contribution in [0.2, 0.25) is 5.02 Å². The predicted octanol–water partition coefficient (Wildman–Crippen LogP) is 5.20. The molecule has 1 saturated carbocycles. The molecule has 3 heterocycles. The fourth-order valence-electron chi connectivity index (χ4n) is 5.86. The lowest BCUT2D eigenvalue weighted by atomic mass is 9.86. The number of hydrogen-bond acceptors (Lipinski definition) is 3. The predicted molar refractivity (Wildman–Crippen MR) is 118 cm³/mol. The first-order valence-electron chi connectivity index (χ1n) is 11.2. The molecule has 0 radical (unpaired) electrons. The minimum absolute atomic E-state index is 0.0517. The molecule has 2 aromatic rings. The number of rotatable bonds is 3. The molecule has 1 amide bonds. The van der Waals surface area contributed by atoms with Crippen LogP contribution in [0.25, 0.3) is 11.1 Å². The van der Waals surface area contributed by atoms with Gasteiger partial charge in [-0.15, -0.1) is 0 Å². The number of carbonyl (C=O) groups excluding carboxylic acids is 1. The van der Waals surface area contributed by atoms with Gasteiger partial charge in [-0.1, -0.05) is 41.9 Å². The van der Waals surface area contributed by atoms with Crippen molar-refractivity contribution in [2.75, 3.05) is 19.6 Å². The number of halogens is 1. The van der Waals surface area contributed by atoms with E-state index in [1.807, 2.05) is 12.1 Å². The van der Waals surface area contributed by atoms with E-state index in [-0.39, 0.29) is 23.7 Å². The third kappa shape index (κ3) is 3.21. The highest BCUT2D eigenvalue weighted by Gasteiger charge is 2.55. The molecule has 1 N–H and O–H groups in total. The molecule has 30 heavy (non-hydrogen) atoms. The molecule has 2 bridgehead atoms. The van der Waals surface area contributed by atoms with Crippen LogP contribution < -0.4 is 5.32 Å². The van der Waals surface area contributed by atoms with Crippen molar-refractivity contribution >= 4 is 17.7 Å². The summed E-state index contributed by atoms with van der Waals surface area (Å²) in [5, 5.41) is 4.02. The number of piperidine rings is 3. The monoisotopic (exact) mass is 422 g/mol. The van der Waals surface area contributed by atoms with Crippen molar-refractivity contribution in [2.45, 2.75) is 44.2 Å². The second-order valence-electron chi connectivity index (χ2n) is 9.62. The summed E-state index contributed by atoms with van der Waals surface area (Å²) in [7, 11) is 0. The Hall–Kier alpha value is -2.04. The molecule has 1 unspecified atom stereocenters. The Morgan fingerprint density at radius 2 is 1.80 bits per heavy atom. The average Bonchev–Trinajstić information content (AvgIpc) is 3.47. The fraction of sp³-hybridized carbons (Fsp3) is 0.480. The smallest absolute Gasteiger partial charge is 0.407 e. The highest BCUT2D eigenvalue weighted by Crippen LogP contribution is 2.62. The van der Waals surface area contributed by atoms with Crippen molar-refractivity contribution in [3.05, 3.63) is 58.6 Å². The summed E-state index contributed by atoms with van der Waals surface area (Å²) in [4.78, 5) is 15.2. The summed E-state index contributed by atoms with van der Waals surface area (Å²) in [6.45, 7) is 3.21. The molecular formula is C25H27ClN2O2. The van der Waals surface area contributed by atoms with Crippen molar-refractivity contribution < 1.29 is 9.53 Å². The lowest BCUT2D eigenvalue weighted by molar-refractivity contribution is -0.0344. The number of nitrogens with zero attached hydrogens (tertiary/aromatic N) is 1. The van der Waals surface area contributed by atoms with Gasteiger partial charge in [-0.25, -0.2) is 4.79 Å². The largest absolute Gasteiger partial charge is 0.445 e. The number of nitrogens with one attached hydrogen (secondary N) is 1. The van der Waals surface area contributed by atoms with Gasteiger partial charge in [0.15, 0.2) is 0 Å². The zero-order chi connectivity index (χ0) is 20.3. The highest BCUT2D eigenvalue weighted by atomic mass is 35.5. The van der Waals surface area contributed by atoms with E-state index in [1.54, 1.807) is 0 Å². The van der Waals surface area contributed by atoms with Gasteiger partial charge in [-0.2, -0.15) is 0 Å². The maximum atomic E-state index is 12.8. The zero-order valence-corrected chi connectivity index (χ0v) is 17.8. The van der Waals surface area contributed by atoms with Crippen LogP contribution in [0.15, 0.2) is 42.5 Å². The molecule has 3 aliphatic heterocycles. The van der Waals surface area contributed by atoms with Crippen LogP contribution in [-0.4, -0.2) is 36.7 Å². The first kappa shape index (κ1) is 18.7. The molecule has 3 saturated heterocycles. The molecular weight excluding hydrogens is 396 g/mol. The fourth-order valence-corrected chi connectivity index (χ4v) is 5.99. The van der Waals surface area contributed by atoms with Gasteiger partial charge in [-0.05, 0) is 90.9 Å². The standard InChI is InChI=1S/C25H27ClN2O2/c26-20-4-1-16(2-5-20)18-3-6-21-19(13-18)14-25(9-10-25)23(21)27-24(29)30-22-15-28-11-7-17(22)8-12-28/h1-6,13,17,22-23H,7-12,14-15H2,(H,27,29)/t22-,23?/m0/s1. The Balaban J connectivity index is 1.20. The molecule has 5 heteroatoms. The third-order valence-corrected chi connectivity index (χ3v) is 8.05. The minimum Gasteiger partial charge on any atom is -0.445 e. The van der Waals surface area contributed by atoms with Crippen LogP contribution in [0.4, 0.5) is 4.79 Å². The van der Waals surface area contributed by atoms with Gasteiger partial charge in [0, 0.05) is 11.6 Å². The van der Waals surface area contributed by atoms with E-state index in [9.17, 15) is 4.79 Å². The summed E-state index contributed by atoms with van der Waals surface area (Å²) in [5.41, 5.74) is 5.18. The highest BCUT2D eigenvalue weighted by molar-refractivity contribution is 6.30.